The van der Waals surface area contributed by atoms with Crippen LogP contribution in [0.5, 0.6) is 0 Å². The highest BCUT2D eigenvalue weighted by Gasteiger charge is 2.38. The molecule has 2 aliphatic heterocycles. The van der Waals surface area contributed by atoms with E-state index in [1.54, 1.807) is 0 Å². The van der Waals surface area contributed by atoms with E-state index in [9.17, 15) is 4.79 Å². The normalized spacial score (nSPS) is 36.9. The predicted octanol–water partition coefficient (Wildman–Crippen LogP) is 1.27. The molecule has 98 valence electrons. The number of hydrogen-bond donors (Lipinski definition) is 1. The van der Waals surface area contributed by atoms with Crippen molar-refractivity contribution >= 4 is 5.97 Å². The number of aliphatic carboxylic acids is 1. The number of likely N-dealkylation sites (tertiary alicyclic amines) is 2. The van der Waals surface area contributed by atoms with E-state index in [4.69, 9.17) is 5.11 Å². The van der Waals surface area contributed by atoms with E-state index in [0.717, 1.165) is 19.5 Å². The van der Waals surface area contributed by atoms with Gasteiger partial charge in [0, 0.05) is 12.1 Å². The summed E-state index contributed by atoms with van der Waals surface area (Å²) in [7, 11) is 2.18. The molecule has 2 saturated heterocycles. The van der Waals surface area contributed by atoms with Crippen LogP contribution in [-0.4, -0.2) is 59.6 Å². The lowest BCUT2D eigenvalue weighted by atomic mass is 10.0. The maximum Gasteiger partial charge on any atom is 0.308 e. The van der Waals surface area contributed by atoms with E-state index < -0.39 is 5.97 Å². The van der Waals surface area contributed by atoms with Gasteiger partial charge in [-0.05, 0) is 59.3 Å². The van der Waals surface area contributed by atoms with Crippen LogP contribution in [0, 0.1) is 5.92 Å². The molecule has 0 aromatic heterocycles. The third-order valence-corrected chi connectivity index (χ3v) is 4.51. The van der Waals surface area contributed by atoms with Crippen molar-refractivity contribution in [2.45, 2.75) is 44.7 Å². The van der Waals surface area contributed by atoms with Crippen molar-refractivity contribution in [1.29, 1.82) is 0 Å². The molecule has 2 rings (SSSR count). The molecule has 17 heavy (non-hydrogen) atoms. The summed E-state index contributed by atoms with van der Waals surface area (Å²) in [6.45, 7) is 5.37. The Morgan fingerprint density at radius 2 is 1.94 bits per heavy atom. The second kappa shape index (κ2) is 5.36. The van der Waals surface area contributed by atoms with Gasteiger partial charge in [-0.1, -0.05) is 0 Å². The van der Waals surface area contributed by atoms with Gasteiger partial charge in [0.2, 0.25) is 0 Å². The fourth-order valence-corrected chi connectivity index (χ4v) is 3.36. The van der Waals surface area contributed by atoms with Crippen LogP contribution in [0.25, 0.3) is 0 Å². The molecule has 4 nitrogen and oxygen atoms in total. The molecule has 3 unspecified atom stereocenters. The van der Waals surface area contributed by atoms with E-state index in [1.165, 1.54) is 25.8 Å². The summed E-state index contributed by atoms with van der Waals surface area (Å²) in [4.78, 5) is 16.0. The number of hydrogen-bond acceptors (Lipinski definition) is 3. The standard InChI is InChI=1S/C13H24N2O2/c1-10-12(13(16)17)6-9-15(10)11-4-3-7-14(2)8-5-11/h10-12H,3-9H2,1-2H3,(H,16,17). The van der Waals surface area contributed by atoms with Crippen molar-refractivity contribution in [3.05, 3.63) is 0 Å². The maximum atomic E-state index is 11.1. The SMILES string of the molecule is CC1C(C(=O)O)CCN1C1CCCN(C)CC1. The molecule has 3 atom stereocenters. The fraction of sp³-hybridized carbons (Fsp3) is 0.923. The molecule has 0 aromatic rings. The van der Waals surface area contributed by atoms with Gasteiger partial charge in [-0.15, -0.1) is 0 Å². The lowest BCUT2D eigenvalue weighted by Gasteiger charge is -2.31. The van der Waals surface area contributed by atoms with Gasteiger partial charge in [-0.2, -0.15) is 0 Å². The van der Waals surface area contributed by atoms with Gasteiger partial charge in [0.25, 0.3) is 0 Å². The van der Waals surface area contributed by atoms with Crippen molar-refractivity contribution in [3.63, 3.8) is 0 Å². The zero-order valence-corrected chi connectivity index (χ0v) is 10.9. The Labute approximate surface area is 104 Å². The first-order valence-corrected chi connectivity index (χ1v) is 6.76. The first-order valence-electron chi connectivity index (χ1n) is 6.76. The van der Waals surface area contributed by atoms with Gasteiger partial charge >= 0.3 is 5.97 Å². The molecule has 1 N–H and O–H groups in total. The predicted molar refractivity (Wildman–Crippen MR) is 67.0 cm³/mol. The van der Waals surface area contributed by atoms with Crippen LogP contribution in [0.4, 0.5) is 0 Å². The van der Waals surface area contributed by atoms with Crippen LogP contribution in [0.1, 0.15) is 32.6 Å². The number of nitrogens with zero attached hydrogens (tertiary/aromatic N) is 2. The van der Waals surface area contributed by atoms with Crippen LogP contribution in [-0.2, 0) is 4.79 Å². The Morgan fingerprint density at radius 1 is 1.18 bits per heavy atom. The molecule has 2 heterocycles. The van der Waals surface area contributed by atoms with E-state index in [2.05, 4.69) is 23.8 Å². The van der Waals surface area contributed by atoms with E-state index in [0.29, 0.717) is 6.04 Å². The van der Waals surface area contributed by atoms with E-state index in [-0.39, 0.29) is 12.0 Å². The van der Waals surface area contributed by atoms with Crippen molar-refractivity contribution in [2.75, 3.05) is 26.7 Å². The highest BCUT2D eigenvalue weighted by Crippen LogP contribution is 2.29. The number of carbonyl (C=O) groups is 1. The minimum absolute atomic E-state index is 0.156. The molecular weight excluding hydrogens is 216 g/mol. The molecule has 0 amide bonds. The third kappa shape index (κ3) is 2.80. The van der Waals surface area contributed by atoms with Crippen LogP contribution >= 0.6 is 0 Å². The molecular formula is C13H24N2O2. The maximum absolute atomic E-state index is 11.1. The van der Waals surface area contributed by atoms with Crippen LogP contribution in [0.3, 0.4) is 0 Å². The molecule has 0 spiro atoms. The van der Waals surface area contributed by atoms with Gasteiger partial charge < -0.3 is 10.0 Å². The highest BCUT2D eigenvalue weighted by atomic mass is 16.4. The fourth-order valence-electron chi connectivity index (χ4n) is 3.36. The first-order chi connectivity index (χ1) is 8.09. The molecule has 2 fully saturated rings. The minimum Gasteiger partial charge on any atom is -0.481 e. The van der Waals surface area contributed by atoms with Crippen LogP contribution < -0.4 is 0 Å². The summed E-state index contributed by atoms with van der Waals surface area (Å²) in [5, 5.41) is 9.16. The smallest absolute Gasteiger partial charge is 0.308 e. The van der Waals surface area contributed by atoms with E-state index in [1.807, 2.05) is 0 Å². The van der Waals surface area contributed by atoms with Crippen LogP contribution in [0.2, 0.25) is 0 Å². The summed E-state index contributed by atoms with van der Waals surface area (Å²) in [5.41, 5.74) is 0. The first kappa shape index (κ1) is 12.8. The molecule has 2 aliphatic rings. The third-order valence-electron chi connectivity index (χ3n) is 4.51. The Morgan fingerprint density at radius 3 is 2.59 bits per heavy atom. The Bertz CT molecular complexity index is 283. The van der Waals surface area contributed by atoms with Gasteiger partial charge in [0.15, 0.2) is 0 Å². The second-order valence-electron chi connectivity index (χ2n) is 5.60. The number of rotatable bonds is 2. The summed E-state index contributed by atoms with van der Waals surface area (Å²) in [6, 6.07) is 0.806. The molecule has 0 bridgehead atoms. The minimum atomic E-state index is -0.620. The lowest BCUT2D eigenvalue weighted by molar-refractivity contribution is -0.142. The van der Waals surface area contributed by atoms with Crippen molar-refractivity contribution in [3.8, 4) is 0 Å². The summed E-state index contributed by atoms with van der Waals surface area (Å²) >= 11 is 0. The zero-order valence-electron chi connectivity index (χ0n) is 10.9. The topological polar surface area (TPSA) is 43.8 Å². The van der Waals surface area contributed by atoms with E-state index >= 15 is 0 Å². The molecule has 0 aromatic carbocycles. The van der Waals surface area contributed by atoms with Crippen molar-refractivity contribution < 1.29 is 9.90 Å². The molecule has 4 heteroatoms. The largest absolute Gasteiger partial charge is 0.481 e. The Balaban J connectivity index is 1.96. The highest BCUT2D eigenvalue weighted by molar-refractivity contribution is 5.71. The molecule has 0 radical (unpaired) electrons. The Kier molecular flexibility index (Phi) is 4.05. The van der Waals surface area contributed by atoms with Gasteiger partial charge in [0.1, 0.15) is 0 Å². The lowest BCUT2D eigenvalue weighted by Crippen LogP contribution is -2.41. The zero-order chi connectivity index (χ0) is 12.4. The number of carboxylic acid groups (broad SMARTS) is 1. The van der Waals surface area contributed by atoms with Gasteiger partial charge in [-0.25, -0.2) is 0 Å². The van der Waals surface area contributed by atoms with Crippen molar-refractivity contribution in [1.82, 2.24) is 9.80 Å². The van der Waals surface area contributed by atoms with Gasteiger partial charge in [-0.3, -0.25) is 9.69 Å². The molecule has 0 aliphatic carbocycles. The quantitative estimate of drug-likeness (QED) is 0.789. The van der Waals surface area contributed by atoms with Crippen LogP contribution in [0.15, 0.2) is 0 Å². The monoisotopic (exact) mass is 240 g/mol. The summed E-state index contributed by atoms with van der Waals surface area (Å²) in [5.74, 6) is -0.776. The molecule has 0 saturated carbocycles. The average molecular weight is 240 g/mol. The average Bonchev–Trinajstić information content (AvgIpc) is 2.52. The Hall–Kier alpha value is -0.610. The number of carboxylic acids is 1. The van der Waals surface area contributed by atoms with Crippen molar-refractivity contribution in [2.24, 2.45) is 5.92 Å². The summed E-state index contributed by atoms with van der Waals surface area (Å²) < 4.78 is 0. The second-order valence-corrected chi connectivity index (χ2v) is 5.60. The van der Waals surface area contributed by atoms with Gasteiger partial charge in [0.05, 0.1) is 5.92 Å². The summed E-state index contributed by atoms with van der Waals surface area (Å²) in [6.07, 6.45) is 4.47.